The summed E-state index contributed by atoms with van der Waals surface area (Å²) < 4.78 is 1.90. The van der Waals surface area contributed by atoms with Crippen LogP contribution >= 0.6 is 0 Å². The second-order valence-corrected chi connectivity index (χ2v) is 6.45. The Bertz CT molecular complexity index is 661. The van der Waals surface area contributed by atoms with Gasteiger partial charge < -0.3 is 10.2 Å². The van der Waals surface area contributed by atoms with Crippen LogP contribution in [0.2, 0.25) is 0 Å². The standard InChI is InChI=1S/C19H27N5/c1-3-20-19(23-12-7-8-16(2)15-23)21-14-17-11-13-24(22-17)18-9-5-4-6-10-18/h4-6,9-11,13,16H,3,7-8,12,14-15H2,1-2H3,(H,20,21). The van der Waals surface area contributed by atoms with Crippen molar-refractivity contribution in [2.24, 2.45) is 10.9 Å². The van der Waals surface area contributed by atoms with E-state index in [1.807, 2.05) is 35.1 Å². The first-order valence-electron chi connectivity index (χ1n) is 8.89. The van der Waals surface area contributed by atoms with Crippen molar-refractivity contribution in [2.75, 3.05) is 19.6 Å². The van der Waals surface area contributed by atoms with Crippen LogP contribution in [0.3, 0.4) is 0 Å². The molecule has 0 amide bonds. The van der Waals surface area contributed by atoms with E-state index in [2.05, 4.69) is 41.3 Å². The fraction of sp³-hybridized carbons (Fsp3) is 0.474. The largest absolute Gasteiger partial charge is 0.357 e. The summed E-state index contributed by atoms with van der Waals surface area (Å²) in [6.07, 6.45) is 4.56. The number of nitrogens with one attached hydrogen (secondary N) is 1. The van der Waals surface area contributed by atoms with Crippen molar-refractivity contribution < 1.29 is 0 Å². The number of hydrogen-bond donors (Lipinski definition) is 1. The van der Waals surface area contributed by atoms with Crippen LogP contribution in [0.15, 0.2) is 47.6 Å². The lowest BCUT2D eigenvalue weighted by atomic mass is 10.0. The molecule has 1 aromatic heterocycles. The molecule has 0 spiro atoms. The quantitative estimate of drug-likeness (QED) is 0.694. The Morgan fingerprint density at radius 3 is 2.88 bits per heavy atom. The monoisotopic (exact) mass is 325 g/mol. The summed E-state index contributed by atoms with van der Waals surface area (Å²) in [7, 11) is 0. The Morgan fingerprint density at radius 1 is 1.29 bits per heavy atom. The molecule has 0 saturated carbocycles. The molecule has 1 N–H and O–H groups in total. The molecule has 1 aliphatic rings. The smallest absolute Gasteiger partial charge is 0.194 e. The van der Waals surface area contributed by atoms with Crippen LogP contribution in [0.4, 0.5) is 0 Å². The van der Waals surface area contributed by atoms with Crippen molar-refractivity contribution in [3.8, 4) is 5.69 Å². The summed E-state index contributed by atoms with van der Waals surface area (Å²) in [6.45, 7) is 8.11. The average molecular weight is 325 g/mol. The molecule has 5 heteroatoms. The summed E-state index contributed by atoms with van der Waals surface area (Å²) in [5.41, 5.74) is 2.06. The predicted octanol–water partition coefficient (Wildman–Crippen LogP) is 3.07. The molecule has 1 unspecified atom stereocenters. The zero-order chi connectivity index (χ0) is 16.8. The normalized spacial score (nSPS) is 18.7. The lowest BCUT2D eigenvalue weighted by molar-refractivity contribution is 0.266. The van der Waals surface area contributed by atoms with Crippen LogP contribution in [0.25, 0.3) is 5.69 Å². The van der Waals surface area contributed by atoms with Crippen molar-refractivity contribution in [1.82, 2.24) is 20.0 Å². The van der Waals surface area contributed by atoms with Gasteiger partial charge in [-0.15, -0.1) is 0 Å². The van der Waals surface area contributed by atoms with Gasteiger partial charge in [0, 0.05) is 25.8 Å². The highest BCUT2D eigenvalue weighted by atomic mass is 15.3. The van der Waals surface area contributed by atoms with E-state index < -0.39 is 0 Å². The molecule has 1 aromatic carbocycles. The molecule has 2 heterocycles. The lowest BCUT2D eigenvalue weighted by Gasteiger charge is -2.33. The summed E-state index contributed by atoms with van der Waals surface area (Å²) in [6, 6.07) is 12.2. The van der Waals surface area contributed by atoms with Crippen LogP contribution in [-0.4, -0.2) is 40.3 Å². The Hall–Kier alpha value is -2.30. The van der Waals surface area contributed by atoms with Crippen LogP contribution in [0.1, 0.15) is 32.4 Å². The molecule has 128 valence electrons. The van der Waals surface area contributed by atoms with Gasteiger partial charge in [-0.05, 0) is 43.9 Å². The van der Waals surface area contributed by atoms with Crippen molar-refractivity contribution in [3.05, 3.63) is 48.3 Å². The third-order valence-electron chi connectivity index (χ3n) is 4.35. The predicted molar refractivity (Wildman–Crippen MR) is 98.4 cm³/mol. The number of piperidine rings is 1. The van der Waals surface area contributed by atoms with Gasteiger partial charge in [0.15, 0.2) is 5.96 Å². The maximum Gasteiger partial charge on any atom is 0.194 e. The molecular formula is C19H27N5. The molecular weight excluding hydrogens is 298 g/mol. The Labute approximate surface area is 144 Å². The first kappa shape index (κ1) is 16.6. The van der Waals surface area contributed by atoms with Gasteiger partial charge in [-0.2, -0.15) is 5.10 Å². The average Bonchev–Trinajstić information content (AvgIpc) is 3.08. The van der Waals surface area contributed by atoms with Gasteiger partial charge in [-0.1, -0.05) is 25.1 Å². The van der Waals surface area contributed by atoms with E-state index in [-0.39, 0.29) is 0 Å². The van der Waals surface area contributed by atoms with E-state index in [0.29, 0.717) is 6.54 Å². The van der Waals surface area contributed by atoms with Gasteiger partial charge >= 0.3 is 0 Å². The van der Waals surface area contributed by atoms with Gasteiger partial charge in [-0.25, -0.2) is 9.67 Å². The van der Waals surface area contributed by atoms with Crippen LogP contribution in [0, 0.1) is 5.92 Å². The highest BCUT2D eigenvalue weighted by Crippen LogP contribution is 2.15. The fourth-order valence-electron chi connectivity index (χ4n) is 3.13. The van der Waals surface area contributed by atoms with E-state index in [0.717, 1.165) is 42.9 Å². The summed E-state index contributed by atoms with van der Waals surface area (Å²) in [4.78, 5) is 7.19. The number of guanidine groups is 1. The van der Waals surface area contributed by atoms with Gasteiger partial charge in [0.2, 0.25) is 0 Å². The summed E-state index contributed by atoms with van der Waals surface area (Å²) in [5, 5.41) is 8.06. The minimum atomic E-state index is 0.604. The number of aliphatic imine (C=N–C) groups is 1. The number of benzene rings is 1. The zero-order valence-electron chi connectivity index (χ0n) is 14.7. The van der Waals surface area contributed by atoms with Gasteiger partial charge in [0.25, 0.3) is 0 Å². The maximum absolute atomic E-state index is 4.80. The fourth-order valence-corrected chi connectivity index (χ4v) is 3.13. The van der Waals surface area contributed by atoms with Crippen molar-refractivity contribution in [2.45, 2.75) is 33.2 Å². The first-order chi connectivity index (χ1) is 11.8. The Kier molecular flexibility index (Phi) is 5.51. The molecule has 3 rings (SSSR count). The summed E-state index contributed by atoms with van der Waals surface area (Å²) in [5.74, 6) is 1.75. The van der Waals surface area contributed by atoms with Crippen molar-refractivity contribution in [3.63, 3.8) is 0 Å². The van der Waals surface area contributed by atoms with Crippen LogP contribution in [0.5, 0.6) is 0 Å². The van der Waals surface area contributed by atoms with Gasteiger partial charge in [0.05, 0.1) is 17.9 Å². The van der Waals surface area contributed by atoms with E-state index in [1.165, 1.54) is 12.8 Å². The van der Waals surface area contributed by atoms with Crippen LogP contribution < -0.4 is 5.32 Å². The number of likely N-dealkylation sites (tertiary alicyclic amines) is 1. The number of para-hydroxylation sites is 1. The summed E-state index contributed by atoms with van der Waals surface area (Å²) >= 11 is 0. The molecule has 24 heavy (non-hydrogen) atoms. The molecule has 1 atom stereocenters. The Balaban J connectivity index is 1.69. The highest BCUT2D eigenvalue weighted by Gasteiger charge is 2.19. The topological polar surface area (TPSA) is 45.5 Å². The molecule has 0 radical (unpaired) electrons. The molecule has 0 bridgehead atoms. The maximum atomic E-state index is 4.80. The number of aromatic nitrogens is 2. The minimum absolute atomic E-state index is 0.604. The van der Waals surface area contributed by atoms with Crippen molar-refractivity contribution in [1.29, 1.82) is 0 Å². The number of nitrogens with zero attached hydrogens (tertiary/aromatic N) is 4. The van der Waals surface area contributed by atoms with E-state index in [9.17, 15) is 0 Å². The third-order valence-corrected chi connectivity index (χ3v) is 4.35. The lowest BCUT2D eigenvalue weighted by Crippen LogP contribution is -2.46. The van der Waals surface area contributed by atoms with Gasteiger partial charge in [0.1, 0.15) is 0 Å². The third kappa shape index (κ3) is 4.16. The Morgan fingerprint density at radius 2 is 2.12 bits per heavy atom. The second-order valence-electron chi connectivity index (χ2n) is 6.45. The molecule has 5 nitrogen and oxygen atoms in total. The zero-order valence-corrected chi connectivity index (χ0v) is 14.7. The van der Waals surface area contributed by atoms with E-state index in [1.54, 1.807) is 0 Å². The molecule has 1 fully saturated rings. The molecule has 1 aliphatic heterocycles. The highest BCUT2D eigenvalue weighted by molar-refractivity contribution is 5.80. The SMILES string of the molecule is CCNC(=NCc1ccn(-c2ccccc2)n1)N1CCCC(C)C1. The van der Waals surface area contributed by atoms with E-state index >= 15 is 0 Å². The van der Waals surface area contributed by atoms with Crippen LogP contribution in [-0.2, 0) is 6.54 Å². The van der Waals surface area contributed by atoms with Crippen molar-refractivity contribution >= 4 is 5.96 Å². The number of rotatable bonds is 4. The molecule has 2 aromatic rings. The first-order valence-corrected chi connectivity index (χ1v) is 8.89. The molecule has 1 saturated heterocycles. The van der Waals surface area contributed by atoms with Gasteiger partial charge in [-0.3, -0.25) is 0 Å². The second kappa shape index (κ2) is 7.99. The molecule has 0 aliphatic carbocycles. The minimum Gasteiger partial charge on any atom is -0.357 e. The van der Waals surface area contributed by atoms with E-state index in [4.69, 9.17) is 4.99 Å². The number of hydrogen-bond acceptors (Lipinski definition) is 2.